The van der Waals surface area contributed by atoms with Crippen LogP contribution in [0.15, 0.2) is 0 Å². The normalized spacial score (nSPS) is 10.1. The molecule has 0 N–H and O–H groups in total. The lowest BCUT2D eigenvalue weighted by atomic mass is 10.3. The molecule has 1 aromatic rings. The molecule has 0 aliphatic rings. The molecule has 1 heterocycles. The van der Waals surface area contributed by atoms with Crippen LogP contribution in [0.25, 0.3) is 0 Å². The fourth-order valence-electron chi connectivity index (χ4n) is 0.960. The van der Waals surface area contributed by atoms with E-state index < -0.39 is 5.97 Å². The number of nitrogens with zero attached hydrogens (tertiary/aromatic N) is 3. The van der Waals surface area contributed by atoms with Crippen LogP contribution in [0.5, 0.6) is 0 Å². The third kappa shape index (κ3) is 2.05. The van der Waals surface area contributed by atoms with Crippen molar-refractivity contribution in [3.63, 3.8) is 0 Å². The molecule has 5 heteroatoms. The molecule has 0 saturated carbocycles. The molecular weight excluding hydrogens is 170 g/mol. The second kappa shape index (κ2) is 4.02. The third-order valence-electron chi connectivity index (χ3n) is 1.58. The van der Waals surface area contributed by atoms with Gasteiger partial charge in [0, 0.05) is 0 Å². The molecule has 0 aliphatic heterocycles. The zero-order valence-electron chi connectivity index (χ0n) is 8.07. The van der Waals surface area contributed by atoms with Crippen molar-refractivity contribution in [1.82, 2.24) is 15.0 Å². The first-order valence-corrected chi connectivity index (χ1v) is 4.27. The highest BCUT2D eigenvalue weighted by Gasteiger charge is 2.15. The molecule has 1 aromatic heterocycles. The summed E-state index contributed by atoms with van der Waals surface area (Å²) in [5.74, 6) is -0.403. The summed E-state index contributed by atoms with van der Waals surface area (Å²) in [5, 5.41) is 8.01. The first kappa shape index (κ1) is 9.70. The van der Waals surface area contributed by atoms with Crippen LogP contribution in [0.3, 0.4) is 0 Å². The number of aryl methyl sites for hydroxylation is 2. The van der Waals surface area contributed by atoms with Gasteiger partial charge in [-0.2, -0.15) is 9.90 Å². The number of aromatic nitrogens is 3. The van der Waals surface area contributed by atoms with Gasteiger partial charge in [-0.3, -0.25) is 0 Å². The number of carbonyl (C=O) groups is 1. The van der Waals surface area contributed by atoms with Gasteiger partial charge in [-0.05, 0) is 20.8 Å². The second-order valence-electron chi connectivity index (χ2n) is 2.54. The average molecular weight is 183 g/mol. The summed E-state index contributed by atoms with van der Waals surface area (Å²) in [6.45, 7) is 6.43. The molecule has 0 aliphatic carbocycles. The van der Waals surface area contributed by atoms with E-state index in [0.29, 0.717) is 24.5 Å². The Hall–Kier alpha value is -1.39. The van der Waals surface area contributed by atoms with Crippen LogP contribution in [0.4, 0.5) is 0 Å². The summed E-state index contributed by atoms with van der Waals surface area (Å²) < 4.78 is 4.81. The lowest BCUT2D eigenvalue weighted by molar-refractivity contribution is 0.0517. The fourth-order valence-corrected chi connectivity index (χ4v) is 0.960. The van der Waals surface area contributed by atoms with Gasteiger partial charge in [0.1, 0.15) is 0 Å². The van der Waals surface area contributed by atoms with Crippen molar-refractivity contribution < 1.29 is 9.53 Å². The monoisotopic (exact) mass is 183 g/mol. The van der Waals surface area contributed by atoms with Crippen molar-refractivity contribution in [2.24, 2.45) is 0 Å². The Morgan fingerprint density at radius 2 is 2.15 bits per heavy atom. The highest BCUT2D eigenvalue weighted by Crippen LogP contribution is 2.02. The highest BCUT2D eigenvalue weighted by molar-refractivity contribution is 5.88. The molecule has 0 spiro atoms. The van der Waals surface area contributed by atoms with Crippen molar-refractivity contribution in [3.8, 4) is 0 Å². The molecule has 0 bridgehead atoms. The van der Waals surface area contributed by atoms with Crippen molar-refractivity contribution in [2.75, 3.05) is 6.61 Å². The van der Waals surface area contributed by atoms with Crippen LogP contribution < -0.4 is 0 Å². The number of hydrogen-bond donors (Lipinski definition) is 0. The number of carbonyl (C=O) groups excluding carboxylic acids is 1. The largest absolute Gasteiger partial charge is 0.461 e. The standard InChI is InChI=1S/C8H13N3O2/c1-4-11-9-6(3)7(10-11)8(12)13-5-2/h4-5H2,1-3H3. The Balaban J connectivity index is 2.87. The minimum absolute atomic E-state index is 0.309. The van der Waals surface area contributed by atoms with Gasteiger partial charge in [0.25, 0.3) is 0 Å². The SMILES string of the molecule is CCOC(=O)c1nn(CC)nc1C. The summed E-state index contributed by atoms with van der Waals surface area (Å²) in [6.07, 6.45) is 0. The molecule has 0 atom stereocenters. The van der Waals surface area contributed by atoms with Crippen LogP contribution in [-0.2, 0) is 11.3 Å². The van der Waals surface area contributed by atoms with Gasteiger partial charge in [0.15, 0.2) is 5.69 Å². The molecule has 72 valence electrons. The summed E-state index contributed by atoms with van der Waals surface area (Å²) in [5.41, 5.74) is 0.920. The van der Waals surface area contributed by atoms with Gasteiger partial charge >= 0.3 is 5.97 Å². The molecule has 0 saturated heterocycles. The summed E-state index contributed by atoms with van der Waals surface area (Å²) in [4.78, 5) is 12.7. The lowest BCUT2D eigenvalue weighted by Crippen LogP contribution is -2.07. The van der Waals surface area contributed by atoms with Crippen molar-refractivity contribution in [2.45, 2.75) is 27.3 Å². The Labute approximate surface area is 76.7 Å². The topological polar surface area (TPSA) is 57.0 Å². The summed E-state index contributed by atoms with van der Waals surface area (Å²) in [7, 11) is 0. The minimum Gasteiger partial charge on any atom is -0.461 e. The predicted octanol–water partition coefficient (Wildman–Crippen LogP) is 0.783. The lowest BCUT2D eigenvalue weighted by Gasteiger charge is -1.96. The Kier molecular flexibility index (Phi) is 3.00. The van der Waals surface area contributed by atoms with Crippen LogP contribution >= 0.6 is 0 Å². The Bertz CT molecular complexity index is 306. The molecule has 0 aromatic carbocycles. The second-order valence-corrected chi connectivity index (χ2v) is 2.54. The van der Waals surface area contributed by atoms with E-state index in [1.165, 1.54) is 4.80 Å². The van der Waals surface area contributed by atoms with Gasteiger partial charge in [-0.1, -0.05) is 0 Å². The van der Waals surface area contributed by atoms with E-state index in [-0.39, 0.29) is 0 Å². The molecule has 0 amide bonds. The van der Waals surface area contributed by atoms with E-state index in [2.05, 4.69) is 10.2 Å². The van der Waals surface area contributed by atoms with Crippen LogP contribution in [0.2, 0.25) is 0 Å². The molecule has 5 nitrogen and oxygen atoms in total. The van der Waals surface area contributed by atoms with Gasteiger partial charge in [0.05, 0.1) is 18.8 Å². The number of rotatable bonds is 3. The van der Waals surface area contributed by atoms with E-state index in [4.69, 9.17) is 4.74 Å². The van der Waals surface area contributed by atoms with E-state index in [1.54, 1.807) is 13.8 Å². The van der Waals surface area contributed by atoms with Crippen molar-refractivity contribution in [3.05, 3.63) is 11.4 Å². The van der Waals surface area contributed by atoms with E-state index >= 15 is 0 Å². The maximum absolute atomic E-state index is 11.3. The number of esters is 1. The van der Waals surface area contributed by atoms with Gasteiger partial charge < -0.3 is 4.74 Å². The summed E-state index contributed by atoms with van der Waals surface area (Å²) in [6, 6.07) is 0. The third-order valence-corrected chi connectivity index (χ3v) is 1.58. The van der Waals surface area contributed by atoms with Gasteiger partial charge in [-0.15, -0.1) is 5.10 Å². The maximum atomic E-state index is 11.3. The van der Waals surface area contributed by atoms with E-state index in [1.807, 2.05) is 6.92 Å². The average Bonchev–Trinajstić information content (AvgIpc) is 2.47. The number of hydrogen-bond acceptors (Lipinski definition) is 4. The Morgan fingerprint density at radius 3 is 2.62 bits per heavy atom. The first-order valence-electron chi connectivity index (χ1n) is 4.27. The first-order chi connectivity index (χ1) is 6.19. The summed E-state index contributed by atoms with van der Waals surface area (Å²) >= 11 is 0. The van der Waals surface area contributed by atoms with Crippen molar-refractivity contribution in [1.29, 1.82) is 0 Å². The molecule has 1 rings (SSSR count). The Morgan fingerprint density at radius 1 is 1.46 bits per heavy atom. The molecule has 0 fully saturated rings. The zero-order valence-corrected chi connectivity index (χ0v) is 8.07. The zero-order chi connectivity index (χ0) is 9.84. The molecule has 13 heavy (non-hydrogen) atoms. The molecule has 0 unspecified atom stereocenters. The van der Waals surface area contributed by atoms with Crippen molar-refractivity contribution >= 4 is 5.97 Å². The van der Waals surface area contributed by atoms with Crippen LogP contribution in [-0.4, -0.2) is 27.6 Å². The molecular formula is C8H13N3O2. The fraction of sp³-hybridized carbons (Fsp3) is 0.625. The predicted molar refractivity (Wildman–Crippen MR) is 46.4 cm³/mol. The van der Waals surface area contributed by atoms with Gasteiger partial charge in [-0.25, -0.2) is 4.79 Å². The van der Waals surface area contributed by atoms with Crippen LogP contribution in [0, 0.1) is 6.92 Å². The smallest absolute Gasteiger partial charge is 0.360 e. The molecule has 0 radical (unpaired) electrons. The van der Waals surface area contributed by atoms with E-state index in [0.717, 1.165) is 0 Å². The van der Waals surface area contributed by atoms with E-state index in [9.17, 15) is 4.79 Å². The highest BCUT2D eigenvalue weighted by atomic mass is 16.5. The van der Waals surface area contributed by atoms with Crippen LogP contribution in [0.1, 0.15) is 30.0 Å². The maximum Gasteiger partial charge on any atom is 0.360 e. The quantitative estimate of drug-likeness (QED) is 0.650. The van der Waals surface area contributed by atoms with Gasteiger partial charge in [0.2, 0.25) is 0 Å². The minimum atomic E-state index is -0.403. The number of ether oxygens (including phenoxy) is 1.